The molecule has 2 aromatic rings. The van der Waals surface area contributed by atoms with E-state index in [0.29, 0.717) is 47.7 Å². The second-order valence-corrected chi connectivity index (χ2v) is 18.9. The first-order valence-electron chi connectivity index (χ1n) is 19.4. The summed E-state index contributed by atoms with van der Waals surface area (Å²) in [7, 11) is -0.196. The van der Waals surface area contributed by atoms with Crippen molar-refractivity contribution in [1.29, 1.82) is 0 Å². The predicted molar refractivity (Wildman–Crippen MR) is 198 cm³/mol. The van der Waals surface area contributed by atoms with Gasteiger partial charge < -0.3 is 9.31 Å². The van der Waals surface area contributed by atoms with Gasteiger partial charge in [0, 0.05) is 44.9 Å². The van der Waals surface area contributed by atoms with Crippen LogP contribution in [0.25, 0.3) is 16.2 Å². The van der Waals surface area contributed by atoms with Crippen LogP contribution in [0.15, 0.2) is 77.4 Å². The minimum Gasteiger partial charge on any atom is -0.403 e. The van der Waals surface area contributed by atoms with Crippen LogP contribution in [0.2, 0.25) is 5.82 Å². The highest BCUT2D eigenvalue weighted by molar-refractivity contribution is 7.19. The largest absolute Gasteiger partial charge is 0.465 e. The lowest BCUT2D eigenvalue weighted by Crippen LogP contribution is -2.63. The van der Waals surface area contributed by atoms with Crippen molar-refractivity contribution < 1.29 is 9.31 Å². The molecule has 4 heterocycles. The van der Waals surface area contributed by atoms with E-state index in [9.17, 15) is 0 Å². The third kappa shape index (κ3) is 3.58. The Morgan fingerprint density at radius 1 is 0.896 bits per heavy atom. The van der Waals surface area contributed by atoms with Gasteiger partial charge >= 0.3 is 7.12 Å². The number of piperidine rings is 1. The van der Waals surface area contributed by atoms with Crippen LogP contribution in [0.3, 0.4) is 0 Å². The van der Waals surface area contributed by atoms with Crippen LogP contribution in [0.5, 0.6) is 0 Å². The van der Waals surface area contributed by atoms with Gasteiger partial charge in [-0.3, -0.25) is 4.90 Å². The van der Waals surface area contributed by atoms with E-state index >= 15 is 0 Å². The van der Waals surface area contributed by atoms with E-state index in [1.165, 1.54) is 61.5 Å². The maximum atomic E-state index is 6.81. The van der Waals surface area contributed by atoms with Gasteiger partial charge in [0.05, 0.1) is 11.2 Å². The predicted octanol–water partition coefficient (Wildman–Crippen LogP) is 10.3. The van der Waals surface area contributed by atoms with Gasteiger partial charge in [-0.1, -0.05) is 79.1 Å². The number of allylic oxidation sites excluding steroid dienone is 7. The summed E-state index contributed by atoms with van der Waals surface area (Å²) in [6.45, 7) is 8.86. The first-order valence-corrected chi connectivity index (χ1v) is 20.2. The van der Waals surface area contributed by atoms with E-state index in [-0.39, 0.29) is 29.6 Å². The van der Waals surface area contributed by atoms with Crippen molar-refractivity contribution in [3.8, 4) is 0 Å². The van der Waals surface area contributed by atoms with Crippen molar-refractivity contribution >= 4 is 34.6 Å². The molecule has 10 atom stereocenters. The van der Waals surface area contributed by atoms with Crippen molar-refractivity contribution in [2.24, 2.45) is 29.1 Å². The molecule has 248 valence electrons. The highest BCUT2D eigenvalue weighted by atomic mass is 32.1. The Kier molecular flexibility index (Phi) is 6.15. The standard InChI is InChI=1S/C43H50BNO2S/c1-41(2)42(3,4)47-44(46-41)25-21-22-27-26-13-5-8-16-31(26)43(33(27)23-25)32-17-9-11-19-36(32)45-35-18-10-6-15-29(35)38-39(45)34(43)24-30-28-14-7-12-20-37(28)48-40(30)38/h6-8,10,12,14,16,20-22,24-26,29,31-32,35-36,38-39H,5,9,11,13,15,17-19,23H2,1-4H3/t25?,26?,29-,31?,32?,35?,36?,38?,39?,43?/m0/s1. The van der Waals surface area contributed by atoms with Crippen LogP contribution < -0.4 is 0 Å². The van der Waals surface area contributed by atoms with Crippen molar-refractivity contribution in [2.45, 2.75) is 127 Å². The second kappa shape index (κ2) is 9.99. The Morgan fingerprint density at radius 3 is 2.58 bits per heavy atom. The summed E-state index contributed by atoms with van der Waals surface area (Å²) in [6.07, 6.45) is 29.8. The molecule has 1 aromatic heterocycles. The molecule has 3 saturated heterocycles. The Balaban J connectivity index is 1.15. The number of nitrogens with zero attached hydrogens (tertiary/aromatic N) is 1. The minimum atomic E-state index is -0.312. The summed E-state index contributed by atoms with van der Waals surface area (Å²) in [4.78, 5) is 4.89. The molecule has 1 aromatic carbocycles. The number of benzene rings is 1. The molecule has 3 nitrogen and oxygen atoms in total. The van der Waals surface area contributed by atoms with Crippen LogP contribution in [0.1, 0.15) is 102 Å². The quantitative estimate of drug-likeness (QED) is 0.226. The molecule has 6 aliphatic carbocycles. The second-order valence-electron chi connectivity index (χ2n) is 17.8. The van der Waals surface area contributed by atoms with Gasteiger partial charge in [-0.25, -0.2) is 0 Å². The van der Waals surface area contributed by atoms with Gasteiger partial charge in [-0.05, 0) is 124 Å². The van der Waals surface area contributed by atoms with Crippen molar-refractivity contribution in [3.05, 3.63) is 87.9 Å². The Hall–Kier alpha value is -2.18. The van der Waals surface area contributed by atoms with Crippen LogP contribution in [0.4, 0.5) is 0 Å². The maximum Gasteiger partial charge on any atom is 0.465 e. The molecule has 4 fully saturated rings. The molecular formula is C43H50BNO2S. The Labute approximate surface area is 291 Å². The van der Waals surface area contributed by atoms with E-state index in [1.54, 1.807) is 21.6 Å². The fourth-order valence-electron chi connectivity index (χ4n) is 13.1. The molecule has 9 unspecified atom stereocenters. The average Bonchev–Trinajstić information content (AvgIpc) is 3.79. The van der Waals surface area contributed by atoms with Crippen LogP contribution in [-0.2, 0) is 9.31 Å². The molecule has 9 aliphatic rings. The SMILES string of the molecule is CC1(C)OB(C2C=CC3=C(C2)C2(C4=Cc5c(sc6ccccc56)C5C4N(C4CCCCC42)C2CC=CC[C@H]52)C2C=CCCC32)OC1(C)C. The Bertz CT molecular complexity index is 1860. The van der Waals surface area contributed by atoms with Crippen molar-refractivity contribution in [1.82, 2.24) is 4.90 Å². The van der Waals surface area contributed by atoms with Gasteiger partial charge in [0.15, 0.2) is 0 Å². The average molecular weight is 656 g/mol. The van der Waals surface area contributed by atoms with Crippen molar-refractivity contribution in [3.63, 3.8) is 0 Å². The van der Waals surface area contributed by atoms with Gasteiger partial charge in [-0.2, -0.15) is 0 Å². The number of fused-ring (bicyclic) bond motifs is 15. The summed E-state index contributed by atoms with van der Waals surface area (Å²) in [5, 5.41) is 1.49. The minimum absolute atomic E-state index is 0.0791. The first kappa shape index (κ1) is 29.5. The Morgan fingerprint density at radius 2 is 1.71 bits per heavy atom. The summed E-state index contributed by atoms with van der Waals surface area (Å²) >= 11 is 2.13. The zero-order valence-corrected chi connectivity index (χ0v) is 30.0. The first-order chi connectivity index (χ1) is 23.3. The molecule has 1 spiro atoms. The number of rotatable bonds is 1. The molecule has 0 N–H and O–H groups in total. The monoisotopic (exact) mass is 655 g/mol. The fourth-order valence-corrected chi connectivity index (χ4v) is 14.5. The molecule has 0 radical (unpaired) electrons. The van der Waals surface area contributed by atoms with Crippen LogP contribution in [0, 0.1) is 29.1 Å². The molecule has 0 amide bonds. The molecule has 48 heavy (non-hydrogen) atoms. The van der Waals surface area contributed by atoms with Gasteiger partial charge in [0.1, 0.15) is 0 Å². The fraction of sp³-hybridized carbons (Fsp3) is 0.581. The van der Waals surface area contributed by atoms with E-state index in [0.717, 1.165) is 6.42 Å². The molecule has 1 saturated carbocycles. The van der Waals surface area contributed by atoms with E-state index in [1.807, 2.05) is 5.57 Å². The topological polar surface area (TPSA) is 21.7 Å². The van der Waals surface area contributed by atoms with E-state index in [4.69, 9.17) is 9.31 Å². The zero-order valence-electron chi connectivity index (χ0n) is 29.2. The third-order valence-electron chi connectivity index (χ3n) is 15.5. The summed E-state index contributed by atoms with van der Waals surface area (Å²) < 4.78 is 15.1. The molecule has 0 bridgehead atoms. The van der Waals surface area contributed by atoms with Crippen LogP contribution >= 0.6 is 11.3 Å². The van der Waals surface area contributed by atoms with E-state index in [2.05, 4.69) is 111 Å². The number of hydrogen-bond acceptors (Lipinski definition) is 4. The normalized spacial score (nSPS) is 42.8. The smallest absolute Gasteiger partial charge is 0.403 e. The van der Waals surface area contributed by atoms with E-state index < -0.39 is 0 Å². The summed E-state index contributed by atoms with van der Waals surface area (Å²) in [5.41, 5.74) is 6.34. The lowest BCUT2D eigenvalue weighted by molar-refractivity contribution is -0.0391. The van der Waals surface area contributed by atoms with Gasteiger partial charge in [0.2, 0.25) is 0 Å². The number of thiophene rings is 1. The highest BCUT2D eigenvalue weighted by Crippen LogP contribution is 2.74. The van der Waals surface area contributed by atoms with Crippen molar-refractivity contribution in [2.75, 3.05) is 0 Å². The molecule has 5 heteroatoms. The summed E-state index contributed by atoms with van der Waals surface area (Å²) in [6, 6.07) is 11.2. The van der Waals surface area contributed by atoms with Crippen LogP contribution in [-0.4, -0.2) is 41.3 Å². The molecule has 11 rings (SSSR count). The maximum absolute atomic E-state index is 6.81. The van der Waals surface area contributed by atoms with Gasteiger partial charge in [0.25, 0.3) is 0 Å². The number of hydrogen-bond donors (Lipinski definition) is 0. The molecule has 3 aliphatic heterocycles. The molecular weight excluding hydrogens is 605 g/mol. The third-order valence-corrected chi connectivity index (χ3v) is 16.8. The zero-order chi connectivity index (χ0) is 32.2. The lowest BCUT2D eigenvalue weighted by atomic mass is 9.48. The lowest BCUT2D eigenvalue weighted by Gasteiger charge is -2.62. The summed E-state index contributed by atoms with van der Waals surface area (Å²) in [5.74, 6) is 3.41. The van der Waals surface area contributed by atoms with Gasteiger partial charge in [-0.15, -0.1) is 11.3 Å². The highest BCUT2D eigenvalue weighted by Gasteiger charge is 2.70.